The average molecular weight is 314 g/mol. The highest BCUT2D eigenvalue weighted by atomic mass is 32.2. The normalized spacial score (nSPS) is 10.7. The minimum Gasteiger partial charge on any atom is -0.496 e. The van der Waals surface area contributed by atoms with Crippen molar-refractivity contribution >= 4 is 23.6 Å². The Bertz CT molecular complexity index is 692. The number of carbonyl (C=O) groups excluding carboxylic acids is 1. The van der Waals surface area contributed by atoms with Gasteiger partial charge in [-0.3, -0.25) is 4.79 Å². The molecule has 0 aliphatic heterocycles. The first-order chi connectivity index (χ1) is 10.7. The van der Waals surface area contributed by atoms with Gasteiger partial charge in [0.15, 0.2) is 5.78 Å². The molecule has 0 fully saturated rings. The summed E-state index contributed by atoms with van der Waals surface area (Å²) in [6.45, 7) is 0. The van der Waals surface area contributed by atoms with Gasteiger partial charge in [0.2, 0.25) is 0 Å². The van der Waals surface area contributed by atoms with Crippen molar-refractivity contribution < 1.29 is 14.3 Å². The molecule has 0 unspecified atom stereocenters. The zero-order valence-electron chi connectivity index (χ0n) is 12.8. The highest BCUT2D eigenvalue weighted by molar-refractivity contribution is 7.98. The van der Waals surface area contributed by atoms with Crippen molar-refractivity contribution in [2.24, 2.45) is 0 Å². The number of para-hydroxylation sites is 1. The molecule has 0 heterocycles. The van der Waals surface area contributed by atoms with Crippen molar-refractivity contribution in [3.8, 4) is 11.5 Å². The Kier molecular flexibility index (Phi) is 5.67. The SMILES string of the molecule is COc1ccccc1/C=C/C(=O)c1ccc(SC)cc1OC. The highest BCUT2D eigenvalue weighted by Gasteiger charge is 2.10. The number of thioether (sulfide) groups is 1. The fourth-order valence-electron chi connectivity index (χ4n) is 2.06. The molecule has 0 aromatic heterocycles. The summed E-state index contributed by atoms with van der Waals surface area (Å²) in [7, 11) is 3.18. The summed E-state index contributed by atoms with van der Waals surface area (Å²) < 4.78 is 10.6. The molecule has 3 nitrogen and oxygen atoms in total. The molecule has 2 aromatic rings. The lowest BCUT2D eigenvalue weighted by atomic mass is 10.1. The Morgan fingerprint density at radius 1 is 1.05 bits per heavy atom. The first kappa shape index (κ1) is 16.2. The lowest BCUT2D eigenvalue weighted by Gasteiger charge is -2.07. The summed E-state index contributed by atoms with van der Waals surface area (Å²) in [5, 5.41) is 0. The molecular formula is C18H18O3S. The van der Waals surface area contributed by atoms with Crippen LogP contribution in [-0.2, 0) is 0 Å². The van der Waals surface area contributed by atoms with Gasteiger partial charge in [-0.1, -0.05) is 18.2 Å². The molecule has 4 heteroatoms. The predicted octanol–water partition coefficient (Wildman–Crippen LogP) is 4.32. The van der Waals surface area contributed by atoms with Gasteiger partial charge in [-0.2, -0.15) is 0 Å². The van der Waals surface area contributed by atoms with Gasteiger partial charge in [0.1, 0.15) is 11.5 Å². The largest absolute Gasteiger partial charge is 0.496 e. The molecule has 0 N–H and O–H groups in total. The van der Waals surface area contributed by atoms with Crippen LogP contribution in [0, 0.1) is 0 Å². The summed E-state index contributed by atoms with van der Waals surface area (Å²) in [6, 6.07) is 13.1. The van der Waals surface area contributed by atoms with Crippen LogP contribution in [0.4, 0.5) is 0 Å². The fourth-order valence-corrected chi connectivity index (χ4v) is 2.49. The molecule has 0 radical (unpaired) electrons. The molecule has 0 aliphatic carbocycles. The first-order valence-electron chi connectivity index (χ1n) is 6.77. The summed E-state index contributed by atoms with van der Waals surface area (Å²) in [5.41, 5.74) is 1.41. The van der Waals surface area contributed by atoms with Gasteiger partial charge in [0.05, 0.1) is 19.8 Å². The molecular weight excluding hydrogens is 296 g/mol. The number of hydrogen-bond acceptors (Lipinski definition) is 4. The van der Waals surface area contributed by atoms with Crippen molar-refractivity contribution in [1.29, 1.82) is 0 Å². The van der Waals surface area contributed by atoms with Gasteiger partial charge >= 0.3 is 0 Å². The van der Waals surface area contributed by atoms with E-state index in [1.807, 2.05) is 42.7 Å². The minimum absolute atomic E-state index is 0.101. The van der Waals surface area contributed by atoms with Crippen LogP contribution in [0.25, 0.3) is 6.08 Å². The van der Waals surface area contributed by atoms with E-state index in [2.05, 4.69) is 0 Å². The lowest BCUT2D eigenvalue weighted by Crippen LogP contribution is -1.99. The van der Waals surface area contributed by atoms with E-state index in [4.69, 9.17) is 9.47 Å². The number of ether oxygens (including phenoxy) is 2. The quantitative estimate of drug-likeness (QED) is 0.452. The van der Waals surface area contributed by atoms with Gasteiger partial charge < -0.3 is 9.47 Å². The Balaban J connectivity index is 2.27. The van der Waals surface area contributed by atoms with Crippen LogP contribution in [0.15, 0.2) is 53.4 Å². The Labute approximate surface area is 135 Å². The summed E-state index contributed by atoms with van der Waals surface area (Å²) >= 11 is 1.61. The van der Waals surface area contributed by atoms with E-state index in [0.29, 0.717) is 11.3 Å². The molecule has 0 amide bonds. The van der Waals surface area contributed by atoms with E-state index in [1.54, 1.807) is 38.1 Å². The van der Waals surface area contributed by atoms with Crippen molar-refractivity contribution in [3.63, 3.8) is 0 Å². The van der Waals surface area contributed by atoms with E-state index in [0.717, 1.165) is 16.2 Å². The van der Waals surface area contributed by atoms with Crippen LogP contribution in [0.5, 0.6) is 11.5 Å². The smallest absolute Gasteiger partial charge is 0.189 e. The topological polar surface area (TPSA) is 35.5 Å². The first-order valence-corrected chi connectivity index (χ1v) is 7.99. The van der Waals surface area contributed by atoms with Gasteiger partial charge in [0, 0.05) is 10.5 Å². The maximum atomic E-state index is 12.4. The summed E-state index contributed by atoms with van der Waals surface area (Å²) in [6.07, 6.45) is 5.27. The third-order valence-electron chi connectivity index (χ3n) is 3.23. The minimum atomic E-state index is -0.101. The molecule has 22 heavy (non-hydrogen) atoms. The molecule has 0 saturated heterocycles. The molecule has 114 valence electrons. The van der Waals surface area contributed by atoms with Gasteiger partial charge in [0.25, 0.3) is 0 Å². The molecule has 0 atom stereocenters. The number of benzene rings is 2. The maximum Gasteiger partial charge on any atom is 0.189 e. The van der Waals surface area contributed by atoms with Crippen LogP contribution < -0.4 is 9.47 Å². The van der Waals surface area contributed by atoms with Crippen molar-refractivity contribution in [1.82, 2.24) is 0 Å². The predicted molar refractivity (Wildman–Crippen MR) is 91.1 cm³/mol. The number of hydrogen-bond donors (Lipinski definition) is 0. The second-order valence-electron chi connectivity index (χ2n) is 4.51. The Hall–Kier alpha value is -2.20. The number of methoxy groups -OCH3 is 2. The second kappa shape index (κ2) is 7.71. The lowest BCUT2D eigenvalue weighted by molar-refractivity contribution is 0.104. The number of rotatable bonds is 6. The average Bonchev–Trinajstić information content (AvgIpc) is 2.59. The second-order valence-corrected chi connectivity index (χ2v) is 5.39. The molecule has 2 rings (SSSR count). The molecule has 0 saturated carbocycles. The number of ketones is 1. The number of carbonyl (C=O) groups is 1. The zero-order chi connectivity index (χ0) is 15.9. The maximum absolute atomic E-state index is 12.4. The molecule has 2 aromatic carbocycles. The van der Waals surface area contributed by atoms with Crippen LogP contribution in [0.2, 0.25) is 0 Å². The molecule has 0 bridgehead atoms. The number of allylic oxidation sites excluding steroid dienone is 1. The van der Waals surface area contributed by atoms with Crippen LogP contribution in [0.1, 0.15) is 15.9 Å². The monoisotopic (exact) mass is 314 g/mol. The van der Waals surface area contributed by atoms with E-state index < -0.39 is 0 Å². The molecule has 0 spiro atoms. The summed E-state index contributed by atoms with van der Waals surface area (Å²) in [5.74, 6) is 1.22. The van der Waals surface area contributed by atoms with Gasteiger partial charge in [-0.25, -0.2) is 0 Å². The van der Waals surface area contributed by atoms with Crippen molar-refractivity contribution in [3.05, 3.63) is 59.7 Å². The van der Waals surface area contributed by atoms with Crippen molar-refractivity contribution in [2.45, 2.75) is 4.90 Å². The zero-order valence-corrected chi connectivity index (χ0v) is 13.6. The van der Waals surface area contributed by atoms with E-state index >= 15 is 0 Å². The van der Waals surface area contributed by atoms with Crippen molar-refractivity contribution in [2.75, 3.05) is 20.5 Å². The van der Waals surface area contributed by atoms with Crippen LogP contribution >= 0.6 is 11.8 Å². The van der Waals surface area contributed by atoms with Gasteiger partial charge in [-0.15, -0.1) is 11.8 Å². The third kappa shape index (κ3) is 3.71. The van der Waals surface area contributed by atoms with Crippen LogP contribution in [0.3, 0.4) is 0 Å². The summed E-state index contributed by atoms with van der Waals surface area (Å²) in [4.78, 5) is 13.4. The standard InChI is InChI=1S/C18H18O3S/c1-20-17-7-5-4-6-13(17)8-11-16(19)15-10-9-14(22-3)12-18(15)21-2/h4-12H,1-3H3/b11-8+. The fraction of sp³-hybridized carbons (Fsp3) is 0.167. The van der Waals surface area contributed by atoms with E-state index in [9.17, 15) is 4.79 Å². The van der Waals surface area contributed by atoms with E-state index in [-0.39, 0.29) is 5.78 Å². The Morgan fingerprint density at radius 3 is 2.45 bits per heavy atom. The highest BCUT2D eigenvalue weighted by Crippen LogP contribution is 2.26. The third-order valence-corrected chi connectivity index (χ3v) is 3.95. The Morgan fingerprint density at radius 2 is 1.77 bits per heavy atom. The van der Waals surface area contributed by atoms with E-state index in [1.165, 1.54) is 6.08 Å². The van der Waals surface area contributed by atoms with Gasteiger partial charge in [-0.05, 0) is 42.7 Å². The van der Waals surface area contributed by atoms with Crippen LogP contribution in [-0.4, -0.2) is 26.3 Å². The molecule has 0 aliphatic rings.